The van der Waals surface area contributed by atoms with Crippen LogP contribution < -0.4 is 5.32 Å². The highest BCUT2D eigenvalue weighted by Gasteiger charge is 2.07. The Kier molecular flexibility index (Phi) is 5.57. The molecule has 0 radical (unpaired) electrons. The zero-order chi connectivity index (χ0) is 15.2. The first-order chi connectivity index (χ1) is 10.1. The van der Waals surface area contributed by atoms with Gasteiger partial charge in [-0.1, -0.05) is 45.0 Å². The predicted molar refractivity (Wildman–Crippen MR) is 88.6 cm³/mol. The van der Waals surface area contributed by atoms with Crippen LogP contribution in [0.1, 0.15) is 55.5 Å². The third kappa shape index (κ3) is 4.18. The lowest BCUT2D eigenvalue weighted by Gasteiger charge is -2.09. The number of aromatic nitrogens is 2. The molecule has 0 saturated carbocycles. The molecule has 1 heterocycles. The van der Waals surface area contributed by atoms with Gasteiger partial charge in [0.25, 0.3) is 0 Å². The highest BCUT2D eigenvalue weighted by molar-refractivity contribution is 5.25. The minimum Gasteiger partial charge on any atom is -0.313 e. The molecule has 0 unspecified atom stereocenters. The normalized spacial score (nSPS) is 11.3. The summed E-state index contributed by atoms with van der Waals surface area (Å²) in [5, 5.41) is 7.96. The molecule has 0 aliphatic carbocycles. The van der Waals surface area contributed by atoms with Crippen molar-refractivity contribution in [2.75, 3.05) is 6.54 Å². The third-order valence-electron chi connectivity index (χ3n) is 3.93. The maximum absolute atomic E-state index is 4.52. The van der Waals surface area contributed by atoms with Gasteiger partial charge in [-0.2, -0.15) is 5.10 Å². The SMILES string of the molecule is CCCNCc1cnn(Cc2ccc(C(C)C)cc2)c1C. The Hall–Kier alpha value is -1.61. The van der Waals surface area contributed by atoms with E-state index >= 15 is 0 Å². The molecule has 0 saturated heterocycles. The van der Waals surface area contributed by atoms with E-state index in [1.807, 2.05) is 6.20 Å². The van der Waals surface area contributed by atoms with Crippen molar-refractivity contribution in [1.82, 2.24) is 15.1 Å². The van der Waals surface area contributed by atoms with Gasteiger partial charge in [-0.05, 0) is 36.9 Å². The van der Waals surface area contributed by atoms with Crippen LogP contribution in [0.25, 0.3) is 0 Å². The van der Waals surface area contributed by atoms with E-state index in [0.29, 0.717) is 5.92 Å². The lowest BCUT2D eigenvalue weighted by Crippen LogP contribution is -2.14. The standard InChI is InChI=1S/C18H27N3/c1-5-10-19-11-18-12-20-21(15(18)4)13-16-6-8-17(9-7-16)14(2)3/h6-9,12,14,19H,5,10-11,13H2,1-4H3. The van der Waals surface area contributed by atoms with Crippen LogP contribution in [0.4, 0.5) is 0 Å². The lowest BCUT2D eigenvalue weighted by atomic mass is 10.0. The second-order valence-electron chi connectivity index (χ2n) is 5.99. The van der Waals surface area contributed by atoms with Crippen molar-refractivity contribution >= 4 is 0 Å². The summed E-state index contributed by atoms with van der Waals surface area (Å²) in [6, 6.07) is 8.88. The van der Waals surface area contributed by atoms with E-state index in [-0.39, 0.29) is 0 Å². The zero-order valence-corrected chi connectivity index (χ0v) is 13.7. The first-order valence-electron chi connectivity index (χ1n) is 7.92. The molecular formula is C18H27N3. The fourth-order valence-electron chi connectivity index (χ4n) is 2.40. The van der Waals surface area contributed by atoms with E-state index < -0.39 is 0 Å². The molecule has 3 heteroatoms. The molecular weight excluding hydrogens is 258 g/mol. The molecule has 0 bridgehead atoms. The van der Waals surface area contributed by atoms with E-state index in [0.717, 1.165) is 26.1 Å². The highest BCUT2D eigenvalue weighted by atomic mass is 15.3. The van der Waals surface area contributed by atoms with E-state index in [1.54, 1.807) is 0 Å². The maximum atomic E-state index is 4.52. The molecule has 3 nitrogen and oxygen atoms in total. The molecule has 1 aromatic carbocycles. The van der Waals surface area contributed by atoms with Crippen molar-refractivity contribution in [3.8, 4) is 0 Å². The lowest BCUT2D eigenvalue weighted by molar-refractivity contribution is 0.651. The minimum atomic E-state index is 0.585. The summed E-state index contributed by atoms with van der Waals surface area (Å²) < 4.78 is 2.09. The Bertz CT molecular complexity index is 552. The molecule has 0 fully saturated rings. The topological polar surface area (TPSA) is 29.9 Å². The van der Waals surface area contributed by atoms with Gasteiger partial charge in [0.15, 0.2) is 0 Å². The van der Waals surface area contributed by atoms with E-state index in [1.165, 1.54) is 22.4 Å². The van der Waals surface area contributed by atoms with E-state index in [9.17, 15) is 0 Å². The Morgan fingerprint density at radius 2 is 1.90 bits per heavy atom. The van der Waals surface area contributed by atoms with Crippen LogP contribution in [-0.2, 0) is 13.1 Å². The largest absolute Gasteiger partial charge is 0.313 e. The Morgan fingerprint density at radius 1 is 1.19 bits per heavy atom. The Morgan fingerprint density at radius 3 is 2.52 bits per heavy atom. The van der Waals surface area contributed by atoms with Gasteiger partial charge in [0.1, 0.15) is 0 Å². The van der Waals surface area contributed by atoms with Gasteiger partial charge in [-0.3, -0.25) is 4.68 Å². The summed E-state index contributed by atoms with van der Waals surface area (Å²) in [7, 11) is 0. The number of rotatable bonds is 7. The molecule has 0 atom stereocenters. The van der Waals surface area contributed by atoms with Crippen LogP contribution in [0.3, 0.4) is 0 Å². The Labute approximate surface area is 128 Å². The van der Waals surface area contributed by atoms with Crippen molar-refractivity contribution in [2.45, 2.75) is 53.1 Å². The number of benzene rings is 1. The van der Waals surface area contributed by atoms with Crippen molar-refractivity contribution < 1.29 is 0 Å². The fraction of sp³-hybridized carbons (Fsp3) is 0.500. The molecule has 0 amide bonds. The van der Waals surface area contributed by atoms with Crippen molar-refractivity contribution in [1.29, 1.82) is 0 Å². The van der Waals surface area contributed by atoms with Crippen LogP contribution in [0, 0.1) is 6.92 Å². The smallest absolute Gasteiger partial charge is 0.0662 e. The third-order valence-corrected chi connectivity index (χ3v) is 3.93. The monoisotopic (exact) mass is 285 g/mol. The van der Waals surface area contributed by atoms with Gasteiger partial charge < -0.3 is 5.32 Å². The molecule has 1 N–H and O–H groups in total. The van der Waals surface area contributed by atoms with E-state index in [4.69, 9.17) is 0 Å². The molecule has 114 valence electrons. The first kappa shape index (κ1) is 15.8. The quantitative estimate of drug-likeness (QED) is 0.783. The number of hydrogen-bond acceptors (Lipinski definition) is 2. The first-order valence-corrected chi connectivity index (χ1v) is 7.92. The van der Waals surface area contributed by atoms with Crippen LogP contribution in [-0.4, -0.2) is 16.3 Å². The molecule has 2 rings (SSSR count). The van der Waals surface area contributed by atoms with Gasteiger partial charge in [0, 0.05) is 17.8 Å². The zero-order valence-electron chi connectivity index (χ0n) is 13.7. The molecule has 0 aliphatic rings. The number of nitrogens with zero attached hydrogens (tertiary/aromatic N) is 2. The van der Waals surface area contributed by atoms with Gasteiger partial charge >= 0.3 is 0 Å². The average Bonchev–Trinajstić information content (AvgIpc) is 2.81. The minimum absolute atomic E-state index is 0.585. The van der Waals surface area contributed by atoms with Crippen LogP contribution in [0.15, 0.2) is 30.5 Å². The molecule has 1 aromatic heterocycles. The number of hydrogen-bond donors (Lipinski definition) is 1. The molecule has 0 aliphatic heterocycles. The highest BCUT2D eigenvalue weighted by Crippen LogP contribution is 2.16. The summed E-state index contributed by atoms with van der Waals surface area (Å²) in [5.74, 6) is 0.585. The molecule has 0 spiro atoms. The molecule has 2 aromatic rings. The summed E-state index contributed by atoms with van der Waals surface area (Å²) in [4.78, 5) is 0. The van der Waals surface area contributed by atoms with Crippen LogP contribution in [0.2, 0.25) is 0 Å². The van der Waals surface area contributed by atoms with Gasteiger partial charge in [-0.15, -0.1) is 0 Å². The second kappa shape index (κ2) is 7.41. The van der Waals surface area contributed by atoms with Gasteiger partial charge in [0.2, 0.25) is 0 Å². The number of nitrogens with one attached hydrogen (secondary N) is 1. The molecule has 21 heavy (non-hydrogen) atoms. The Balaban J connectivity index is 2.02. The average molecular weight is 285 g/mol. The van der Waals surface area contributed by atoms with Crippen molar-refractivity contribution in [3.63, 3.8) is 0 Å². The summed E-state index contributed by atoms with van der Waals surface area (Å²) in [6.07, 6.45) is 3.15. The van der Waals surface area contributed by atoms with Crippen LogP contribution >= 0.6 is 0 Å². The van der Waals surface area contributed by atoms with Crippen molar-refractivity contribution in [2.24, 2.45) is 0 Å². The van der Waals surface area contributed by atoms with Gasteiger partial charge in [-0.25, -0.2) is 0 Å². The summed E-state index contributed by atoms with van der Waals surface area (Å²) >= 11 is 0. The summed E-state index contributed by atoms with van der Waals surface area (Å²) in [6.45, 7) is 11.6. The second-order valence-corrected chi connectivity index (χ2v) is 5.99. The maximum Gasteiger partial charge on any atom is 0.0662 e. The summed E-state index contributed by atoms with van der Waals surface area (Å²) in [5.41, 5.74) is 5.24. The van der Waals surface area contributed by atoms with Crippen LogP contribution in [0.5, 0.6) is 0 Å². The van der Waals surface area contributed by atoms with Crippen molar-refractivity contribution in [3.05, 3.63) is 52.8 Å². The van der Waals surface area contributed by atoms with Gasteiger partial charge in [0.05, 0.1) is 12.7 Å². The predicted octanol–water partition coefficient (Wildman–Crippen LogP) is 3.86. The van der Waals surface area contributed by atoms with E-state index in [2.05, 4.69) is 67.1 Å². The fourth-order valence-corrected chi connectivity index (χ4v) is 2.40.